The van der Waals surface area contributed by atoms with Crippen LogP contribution in [0.15, 0.2) is 24.3 Å². The van der Waals surface area contributed by atoms with Gasteiger partial charge in [-0.3, -0.25) is 9.69 Å². The number of nitrogens with zero attached hydrogens (tertiary/aromatic N) is 2. The number of alkyl halides is 3. The molecule has 0 saturated carbocycles. The number of carbonyl (C=O) groups is 1. The maximum Gasteiger partial charge on any atom is 0.573 e. The van der Waals surface area contributed by atoms with Crippen molar-refractivity contribution < 1.29 is 22.7 Å². The zero-order valence-corrected chi connectivity index (χ0v) is 13.2. The molecule has 0 aromatic heterocycles. The van der Waals surface area contributed by atoms with Gasteiger partial charge in [0.1, 0.15) is 5.75 Å². The van der Waals surface area contributed by atoms with E-state index in [1.807, 2.05) is 0 Å². The van der Waals surface area contributed by atoms with E-state index in [2.05, 4.69) is 15.0 Å². The second-order valence-corrected chi connectivity index (χ2v) is 6.05. The molecule has 1 aromatic carbocycles. The maximum absolute atomic E-state index is 12.5. The second-order valence-electron chi connectivity index (χ2n) is 6.05. The molecule has 132 valence electrons. The highest BCUT2D eigenvalue weighted by atomic mass is 19.4. The lowest BCUT2D eigenvalue weighted by molar-refractivity contribution is -0.274. The third-order valence-electron chi connectivity index (χ3n) is 4.49. The third kappa shape index (κ3) is 4.18. The summed E-state index contributed by atoms with van der Waals surface area (Å²) in [5.74, 6) is -0.477. The van der Waals surface area contributed by atoms with Gasteiger partial charge < -0.3 is 15.0 Å². The van der Waals surface area contributed by atoms with Crippen LogP contribution in [0.25, 0.3) is 0 Å². The minimum Gasteiger partial charge on any atom is -0.406 e. The molecule has 0 bridgehead atoms. The van der Waals surface area contributed by atoms with Gasteiger partial charge in [-0.25, -0.2) is 0 Å². The number of ether oxygens (including phenoxy) is 1. The summed E-state index contributed by atoms with van der Waals surface area (Å²) in [5, 5.41) is 3.34. The topological polar surface area (TPSA) is 44.8 Å². The number of hydrogen-bond donors (Lipinski definition) is 1. The maximum atomic E-state index is 12.5. The third-order valence-corrected chi connectivity index (χ3v) is 4.49. The summed E-state index contributed by atoms with van der Waals surface area (Å²) in [4.78, 5) is 16.6. The van der Waals surface area contributed by atoms with Crippen LogP contribution < -0.4 is 10.1 Å². The molecule has 1 aromatic rings. The van der Waals surface area contributed by atoms with Crippen LogP contribution in [0.3, 0.4) is 0 Å². The molecule has 2 fully saturated rings. The van der Waals surface area contributed by atoms with Gasteiger partial charge in [0.05, 0.1) is 0 Å². The number of carbonyl (C=O) groups excluding carboxylic acids is 1. The average molecular weight is 343 g/mol. The van der Waals surface area contributed by atoms with Gasteiger partial charge in [-0.05, 0) is 37.2 Å². The molecule has 1 unspecified atom stereocenters. The molecule has 8 heteroatoms. The Balaban J connectivity index is 1.55. The number of amides is 1. The summed E-state index contributed by atoms with van der Waals surface area (Å²) in [7, 11) is 0. The predicted molar refractivity (Wildman–Crippen MR) is 81.9 cm³/mol. The minimum absolute atomic E-state index is 0.155. The highest BCUT2D eigenvalue weighted by Crippen LogP contribution is 2.23. The van der Waals surface area contributed by atoms with Crippen LogP contribution in [0.4, 0.5) is 13.2 Å². The van der Waals surface area contributed by atoms with Crippen molar-refractivity contribution in [1.82, 2.24) is 15.1 Å². The zero-order chi connectivity index (χ0) is 17.2. The van der Waals surface area contributed by atoms with Gasteiger partial charge in [-0.1, -0.05) is 0 Å². The van der Waals surface area contributed by atoms with E-state index in [4.69, 9.17) is 0 Å². The van der Waals surface area contributed by atoms with Crippen LogP contribution >= 0.6 is 0 Å². The zero-order valence-electron chi connectivity index (χ0n) is 13.2. The molecule has 3 rings (SSSR count). The van der Waals surface area contributed by atoms with Crippen molar-refractivity contribution in [3.8, 4) is 5.75 Å². The molecule has 2 aliphatic rings. The monoisotopic (exact) mass is 343 g/mol. The van der Waals surface area contributed by atoms with Crippen LogP contribution in [0.1, 0.15) is 16.8 Å². The molecule has 0 spiro atoms. The van der Waals surface area contributed by atoms with Gasteiger partial charge in [0.15, 0.2) is 0 Å². The second kappa shape index (κ2) is 6.98. The van der Waals surface area contributed by atoms with Crippen molar-refractivity contribution in [2.24, 2.45) is 0 Å². The molecular formula is C16H20F3N3O2. The molecule has 1 atom stereocenters. The predicted octanol–water partition coefficient (Wildman–Crippen LogP) is 1.70. The number of benzene rings is 1. The minimum atomic E-state index is -4.73. The fourth-order valence-electron chi connectivity index (χ4n) is 3.22. The summed E-state index contributed by atoms with van der Waals surface area (Å²) in [6.45, 7) is 4.96. The van der Waals surface area contributed by atoms with Crippen molar-refractivity contribution in [3.63, 3.8) is 0 Å². The molecular weight excluding hydrogens is 323 g/mol. The molecule has 24 heavy (non-hydrogen) atoms. The molecule has 2 aliphatic heterocycles. The van der Waals surface area contributed by atoms with Gasteiger partial charge in [0.25, 0.3) is 5.91 Å². The standard InChI is InChI=1S/C16H20F3N3O2/c17-16(18,19)24-14-3-1-12(2-4-14)15(23)22-9-7-21(8-10-22)13-5-6-20-11-13/h1-4,13,20H,5-11H2. The van der Waals surface area contributed by atoms with Crippen LogP contribution in [0, 0.1) is 0 Å². The summed E-state index contributed by atoms with van der Waals surface area (Å²) in [6, 6.07) is 5.62. The Kier molecular flexibility index (Phi) is 4.96. The first-order valence-corrected chi connectivity index (χ1v) is 8.02. The Bertz CT molecular complexity index is 563. The Labute approximate surface area is 138 Å². The number of hydrogen-bond acceptors (Lipinski definition) is 4. The van der Waals surface area contributed by atoms with E-state index < -0.39 is 6.36 Å². The lowest BCUT2D eigenvalue weighted by Crippen LogP contribution is -2.52. The summed E-state index contributed by atoms with van der Waals surface area (Å²) < 4.78 is 40.3. The Hall–Kier alpha value is -1.80. The smallest absolute Gasteiger partial charge is 0.406 e. The molecule has 2 saturated heterocycles. The van der Waals surface area contributed by atoms with E-state index in [0.717, 1.165) is 32.6 Å². The number of halogens is 3. The highest BCUT2D eigenvalue weighted by Gasteiger charge is 2.31. The van der Waals surface area contributed by atoms with E-state index in [9.17, 15) is 18.0 Å². The Morgan fingerprint density at radius 2 is 1.79 bits per heavy atom. The number of rotatable bonds is 3. The molecule has 0 radical (unpaired) electrons. The summed E-state index contributed by atoms with van der Waals surface area (Å²) >= 11 is 0. The van der Waals surface area contributed by atoms with Gasteiger partial charge in [-0.2, -0.15) is 0 Å². The molecule has 5 nitrogen and oxygen atoms in total. The Morgan fingerprint density at radius 3 is 2.33 bits per heavy atom. The first-order valence-electron chi connectivity index (χ1n) is 8.02. The van der Waals surface area contributed by atoms with E-state index in [-0.39, 0.29) is 11.7 Å². The summed E-state index contributed by atoms with van der Waals surface area (Å²) in [5.41, 5.74) is 0.375. The lowest BCUT2D eigenvalue weighted by atomic mass is 10.1. The molecule has 1 N–H and O–H groups in total. The number of nitrogens with one attached hydrogen (secondary N) is 1. The van der Waals surface area contributed by atoms with Gasteiger partial charge in [0, 0.05) is 44.3 Å². The highest BCUT2D eigenvalue weighted by molar-refractivity contribution is 5.94. The van der Waals surface area contributed by atoms with Crippen LogP contribution in [0.2, 0.25) is 0 Å². The van der Waals surface area contributed by atoms with Gasteiger partial charge in [0.2, 0.25) is 0 Å². The van der Waals surface area contributed by atoms with Gasteiger partial charge in [-0.15, -0.1) is 13.2 Å². The first-order chi connectivity index (χ1) is 11.4. The van der Waals surface area contributed by atoms with Gasteiger partial charge >= 0.3 is 6.36 Å². The van der Waals surface area contributed by atoms with E-state index in [1.54, 1.807) is 4.90 Å². The lowest BCUT2D eigenvalue weighted by Gasteiger charge is -2.37. The molecule has 0 aliphatic carbocycles. The van der Waals surface area contributed by atoms with Crippen LogP contribution in [0.5, 0.6) is 5.75 Å². The van der Waals surface area contributed by atoms with Crippen molar-refractivity contribution in [1.29, 1.82) is 0 Å². The van der Waals surface area contributed by atoms with Crippen molar-refractivity contribution in [2.75, 3.05) is 39.3 Å². The normalized spacial score (nSPS) is 22.6. The first kappa shape index (κ1) is 17.0. The van der Waals surface area contributed by atoms with Crippen LogP contribution in [-0.4, -0.2) is 67.4 Å². The Morgan fingerprint density at radius 1 is 1.12 bits per heavy atom. The molecule has 2 heterocycles. The largest absolute Gasteiger partial charge is 0.573 e. The van der Waals surface area contributed by atoms with Crippen molar-refractivity contribution >= 4 is 5.91 Å². The van der Waals surface area contributed by atoms with Crippen molar-refractivity contribution in [2.45, 2.75) is 18.8 Å². The van der Waals surface area contributed by atoms with E-state index in [1.165, 1.54) is 24.3 Å². The SMILES string of the molecule is O=C(c1ccc(OC(F)(F)F)cc1)N1CCN(C2CCNC2)CC1. The number of piperazine rings is 1. The average Bonchev–Trinajstić information content (AvgIpc) is 3.08. The quantitative estimate of drug-likeness (QED) is 0.908. The van der Waals surface area contributed by atoms with E-state index >= 15 is 0 Å². The van der Waals surface area contributed by atoms with Crippen LogP contribution in [-0.2, 0) is 0 Å². The van der Waals surface area contributed by atoms with E-state index in [0.29, 0.717) is 24.7 Å². The molecule has 1 amide bonds. The fraction of sp³-hybridized carbons (Fsp3) is 0.562. The fourth-order valence-corrected chi connectivity index (χ4v) is 3.22. The summed E-state index contributed by atoms with van der Waals surface area (Å²) in [6.07, 6.45) is -3.59. The van der Waals surface area contributed by atoms with Crippen molar-refractivity contribution in [3.05, 3.63) is 29.8 Å².